The van der Waals surface area contributed by atoms with Gasteiger partial charge in [-0.3, -0.25) is 4.99 Å². The normalized spacial score (nSPS) is 22.9. The minimum Gasteiger partial charge on any atom is -0.396 e. The Labute approximate surface area is 141 Å². The van der Waals surface area contributed by atoms with Crippen LogP contribution in [0.1, 0.15) is 52.9 Å². The Morgan fingerprint density at radius 3 is 2.35 bits per heavy atom. The lowest BCUT2D eigenvalue weighted by Gasteiger charge is -2.38. The summed E-state index contributed by atoms with van der Waals surface area (Å²) in [6, 6.07) is 0. The van der Waals surface area contributed by atoms with Crippen molar-refractivity contribution in [2.45, 2.75) is 52.9 Å². The molecule has 3 N–H and O–H groups in total. The zero-order valence-electron chi connectivity index (χ0n) is 15.2. The van der Waals surface area contributed by atoms with Gasteiger partial charge in [0.15, 0.2) is 5.96 Å². The lowest BCUT2D eigenvalue weighted by Crippen LogP contribution is -2.49. The van der Waals surface area contributed by atoms with E-state index < -0.39 is 0 Å². The maximum atomic E-state index is 9.53. The van der Waals surface area contributed by atoms with Crippen molar-refractivity contribution in [2.75, 3.05) is 39.5 Å². The highest BCUT2D eigenvalue weighted by molar-refractivity contribution is 5.79. The summed E-state index contributed by atoms with van der Waals surface area (Å²) in [7, 11) is 0. The summed E-state index contributed by atoms with van der Waals surface area (Å²) in [6.07, 6.45) is 6.64. The molecule has 1 heterocycles. The Morgan fingerprint density at radius 2 is 1.87 bits per heavy atom. The number of hydrogen-bond acceptors (Lipinski definition) is 3. The van der Waals surface area contributed by atoms with Crippen molar-refractivity contribution in [1.82, 2.24) is 10.6 Å². The maximum Gasteiger partial charge on any atom is 0.191 e. The second kappa shape index (κ2) is 8.34. The minimum absolute atomic E-state index is 0.146. The van der Waals surface area contributed by atoms with Gasteiger partial charge in [-0.2, -0.15) is 0 Å². The minimum atomic E-state index is -0.161. The van der Waals surface area contributed by atoms with Gasteiger partial charge in [-0.25, -0.2) is 0 Å². The van der Waals surface area contributed by atoms with Crippen LogP contribution < -0.4 is 10.6 Å². The lowest BCUT2D eigenvalue weighted by atomic mass is 9.78. The molecule has 0 amide bonds. The molecule has 134 valence electrons. The molecule has 23 heavy (non-hydrogen) atoms. The number of rotatable bonds is 8. The van der Waals surface area contributed by atoms with E-state index in [0.29, 0.717) is 25.2 Å². The van der Waals surface area contributed by atoms with Crippen molar-refractivity contribution in [2.24, 2.45) is 21.7 Å². The second-order valence-electron chi connectivity index (χ2n) is 8.00. The van der Waals surface area contributed by atoms with Gasteiger partial charge in [0.1, 0.15) is 0 Å². The summed E-state index contributed by atoms with van der Waals surface area (Å²) in [6.45, 7) is 10.6. The third-order valence-corrected chi connectivity index (χ3v) is 5.21. The molecule has 1 aliphatic heterocycles. The molecule has 1 aliphatic carbocycles. The fourth-order valence-electron chi connectivity index (χ4n) is 3.93. The van der Waals surface area contributed by atoms with Gasteiger partial charge in [-0.15, -0.1) is 0 Å². The predicted octanol–water partition coefficient (Wildman–Crippen LogP) is 2.16. The van der Waals surface area contributed by atoms with E-state index in [1.54, 1.807) is 0 Å². The number of aliphatic hydroxyl groups is 1. The third kappa shape index (κ3) is 5.08. The summed E-state index contributed by atoms with van der Waals surface area (Å²) in [4.78, 5) is 4.70. The molecule has 0 bridgehead atoms. The van der Waals surface area contributed by atoms with Crippen LogP contribution in [0.25, 0.3) is 0 Å². The number of nitrogens with zero attached hydrogens (tertiary/aromatic N) is 1. The SMILES string of the molecule is CCNC(=NCC1(CO)COC1)NCC1(CC(C)C)CCCC1. The van der Waals surface area contributed by atoms with Crippen LogP contribution in [0.3, 0.4) is 0 Å². The van der Waals surface area contributed by atoms with E-state index in [9.17, 15) is 5.11 Å². The standard InChI is InChI=1S/C18H35N3O2/c1-4-19-16(21-11-18(12-22)13-23-14-18)20-10-17(9-15(2)3)7-5-6-8-17/h15,22H,4-14H2,1-3H3,(H2,19,20,21). The van der Waals surface area contributed by atoms with Crippen molar-refractivity contribution in [3.63, 3.8) is 0 Å². The molecule has 2 aliphatic rings. The van der Waals surface area contributed by atoms with Gasteiger partial charge in [0.25, 0.3) is 0 Å². The smallest absolute Gasteiger partial charge is 0.191 e. The molecule has 0 aromatic rings. The van der Waals surface area contributed by atoms with E-state index in [1.165, 1.54) is 32.1 Å². The topological polar surface area (TPSA) is 65.9 Å². The Balaban J connectivity index is 1.92. The average Bonchev–Trinajstić information content (AvgIpc) is 2.92. The van der Waals surface area contributed by atoms with Crippen LogP contribution in [0.2, 0.25) is 0 Å². The van der Waals surface area contributed by atoms with E-state index in [-0.39, 0.29) is 12.0 Å². The van der Waals surface area contributed by atoms with Crippen LogP contribution in [0.15, 0.2) is 4.99 Å². The molecule has 0 aromatic carbocycles. The van der Waals surface area contributed by atoms with Gasteiger partial charge in [0.2, 0.25) is 0 Å². The molecule has 1 saturated heterocycles. The molecule has 0 spiro atoms. The van der Waals surface area contributed by atoms with Crippen molar-refractivity contribution in [1.29, 1.82) is 0 Å². The molecular weight excluding hydrogens is 290 g/mol. The van der Waals surface area contributed by atoms with Crippen molar-refractivity contribution >= 4 is 5.96 Å². The zero-order valence-corrected chi connectivity index (χ0v) is 15.2. The number of aliphatic hydroxyl groups excluding tert-OH is 1. The maximum absolute atomic E-state index is 9.53. The quantitative estimate of drug-likeness (QED) is 0.473. The molecule has 0 aromatic heterocycles. The summed E-state index contributed by atoms with van der Waals surface area (Å²) in [5, 5.41) is 16.4. The zero-order chi connectivity index (χ0) is 16.8. The molecule has 5 heteroatoms. The van der Waals surface area contributed by atoms with Gasteiger partial charge in [0.05, 0.1) is 31.8 Å². The first-order valence-electron chi connectivity index (χ1n) is 9.24. The first-order chi connectivity index (χ1) is 11.0. The molecule has 2 rings (SSSR count). The van der Waals surface area contributed by atoms with Crippen molar-refractivity contribution in [3.05, 3.63) is 0 Å². The van der Waals surface area contributed by atoms with Crippen LogP contribution >= 0.6 is 0 Å². The number of ether oxygens (including phenoxy) is 1. The van der Waals surface area contributed by atoms with Gasteiger partial charge < -0.3 is 20.5 Å². The molecule has 0 atom stereocenters. The molecule has 0 unspecified atom stereocenters. The third-order valence-electron chi connectivity index (χ3n) is 5.21. The summed E-state index contributed by atoms with van der Waals surface area (Å²) >= 11 is 0. The van der Waals surface area contributed by atoms with E-state index in [0.717, 1.165) is 25.0 Å². The van der Waals surface area contributed by atoms with Gasteiger partial charge >= 0.3 is 0 Å². The Bertz CT molecular complexity index is 380. The van der Waals surface area contributed by atoms with E-state index >= 15 is 0 Å². The van der Waals surface area contributed by atoms with Crippen molar-refractivity contribution < 1.29 is 9.84 Å². The molecular formula is C18H35N3O2. The van der Waals surface area contributed by atoms with Crippen LogP contribution in [0.5, 0.6) is 0 Å². The first kappa shape index (κ1) is 18.5. The lowest BCUT2D eigenvalue weighted by molar-refractivity contribution is -0.130. The van der Waals surface area contributed by atoms with E-state index in [1.807, 2.05) is 0 Å². The monoisotopic (exact) mass is 325 g/mol. The van der Waals surface area contributed by atoms with Gasteiger partial charge in [-0.1, -0.05) is 26.7 Å². The predicted molar refractivity (Wildman–Crippen MR) is 94.7 cm³/mol. The first-order valence-corrected chi connectivity index (χ1v) is 9.24. The summed E-state index contributed by atoms with van der Waals surface area (Å²) < 4.78 is 5.25. The van der Waals surface area contributed by atoms with Gasteiger partial charge in [0, 0.05) is 13.1 Å². The number of aliphatic imine (C=N–C) groups is 1. The highest BCUT2D eigenvalue weighted by atomic mass is 16.5. The second-order valence-corrected chi connectivity index (χ2v) is 8.00. The Morgan fingerprint density at radius 1 is 1.17 bits per heavy atom. The fourth-order valence-corrected chi connectivity index (χ4v) is 3.93. The average molecular weight is 325 g/mol. The molecule has 1 saturated carbocycles. The van der Waals surface area contributed by atoms with E-state index in [4.69, 9.17) is 9.73 Å². The summed E-state index contributed by atoms with van der Waals surface area (Å²) in [5.74, 6) is 1.61. The number of nitrogens with one attached hydrogen (secondary N) is 2. The largest absolute Gasteiger partial charge is 0.396 e. The highest BCUT2D eigenvalue weighted by Crippen LogP contribution is 2.42. The van der Waals surface area contributed by atoms with E-state index in [2.05, 4.69) is 31.4 Å². The molecule has 5 nitrogen and oxygen atoms in total. The van der Waals surface area contributed by atoms with Crippen LogP contribution in [0, 0.1) is 16.7 Å². The fraction of sp³-hybridized carbons (Fsp3) is 0.944. The number of guanidine groups is 1. The van der Waals surface area contributed by atoms with Crippen LogP contribution in [-0.2, 0) is 4.74 Å². The van der Waals surface area contributed by atoms with Crippen LogP contribution in [0.4, 0.5) is 0 Å². The Hall–Kier alpha value is -0.810. The van der Waals surface area contributed by atoms with Gasteiger partial charge in [-0.05, 0) is 37.5 Å². The molecule has 0 radical (unpaired) electrons. The summed E-state index contributed by atoms with van der Waals surface area (Å²) in [5.41, 5.74) is 0.268. The molecule has 2 fully saturated rings. The van der Waals surface area contributed by atoms with Crippen molar-refractivity contribution in [3.8, 4) is 0 Å². The van der Waals surface area contributed by atoms with Crippen LogP contribution in [-0.4, -0.2) is 50.5 Å². The highest BCUT2D eigenvalue weighted by Gasteiger charge is 2.38. The number of hydrogen-bond donors (Lipinski definition) is 3. The Kier molecular flexibility index (Phi) is 6.72.